The molecule has 0 aliphatic rings. The molecule has 0 spiro atoms. The summed E-state index contributed by atoms with van der Waals surface area (Å²) in [5.41, 5.74) is 5.59. The molecule has 1 rings (SSSR count). The summed E-state index contributed by atoms with van der Waals surface area (Å²) < 4.78 is 4.82. The summed E-state index contributed by atoms with van der Waals surface area (Å²) in [6.07, 6.45) is 0.801. The van der Waals surface area contributed by atoms with Crippen molar-refractivity contribution in [2.24, 2.45) is 0 Å². The highest BCUT2D eigenvalue weighted by atomic mass is 16.5. The van der Waals surface area contributed by atoms with E-state index < -0.39 is 5.97 Å². The van der Waals surface area contributed by atoms with Gasteiger partial charge in [-0.1, -0.05) is 6.92 Å². The summed E-state index contributed by atoms with van der Waals surface area (Å²) in [7, 11) is 0. The number of esters is 1. The molecule has 0 amide bonds. The maximum Gasteiger partial charge on any atom is 0.356 e. The Morgan fingerprint density at radius 2 is 2.58 bits per heavy atom. The second-order valence-corrected chi connectivity index (χ2v) is 2.34. The average molecular weight is 169 g/mol. The molecule has 3 N–H and O–H groups in total. The van der Waals surface area contributed by atoms with Crippen LogP contribution in [0.3, 0.4) is 0 Å². The van der Waals surface area contributed by atoms with Gasteiger partial charge in [0.2, 0.25) is 0 Å². The number of aromatic amines is 1. The standard InChI is InChI=1S/C7H11N3O2/c1-2-3-12-7(11)5-4-6(8)10-9-5/h4H,2-3H2,1H3,(H3,8,9,10). The second-order valence-electron chi connectivity index (χ2n) is 2.34. The lowest BCUT2D eigenvalue weighted by molar-refractivity contribution is 0.0498. The van der Waals surface area contributed by atoms with Crippen LogP contribution in [0.4, 0.5) is 5.82 Å². The number of carbonyl (C=O) groups excluding carboxylic acids is 1. The van der Waals surface area contributed by atoms with E-state index in [1.807, 2.05) is 6.92 Å². The van der Waals surface area contributed by atoms with Gasteiger partial charge in [0, 0.05) is 6.07 Å². The van der Waals surface area contributed by atoms with E-state index in [4.69, 9.17) is 10.5 Å². The highest BCUT2D eigenvalue weighted by molar-refractivity contribution is 5.87. The van der Waals surface area contributed by atoms with Gasteiger partial charge in [-0.25, -0.2) is 4.79 Å². The molecular formula is C7H11N3O2. The lowest BCUT2D eigenvalue weighted by atomic mass is 10.4. The number of nitrogens with two attached hydrogens (primary N) is 1. The van der Waals surface area contributed by atoms with Crippen LogP contribution in [0.25, 0.3) is 0 Å². The van der Waals surface area contributed by atoms with E-state index in [0.29, 0.717) is 18.1 Å². The summed E-state index contributed by atoms with van der Waals surface area (Å²) in [6, 6.07) is 1.44. The van der Waals surface area contributed by atoms with Crippen LogP contribution in [0.15, 0.2) is 6.07 Å². The van der Waals surface area contributed by atoms with Gasteiger partial charge in [-0.05, 0) is 6.42 Å². The Kier molecular flexibility index (Phi) is 2.68. The number of hydrogen-bond acceptors (Lipinski definition) is 4. The number of carbonyl (C=O) groups is 1. The molecule has 0 bridgehead atoms. The predicted molar refractivity (Wildman–Crippen MR) is 43.6 cm³/mol. The van der Waals surface area contributed by atoms with Crippen LogP contribution < -0.4 is 5.73 Å². The molecule has 0 fully saturated rings. The molecule has 0 aliphatic carbocycles. The Morgan fingerprint density at radius 1 is 1.83 bits per heavy atom. The Balaban J connectivity index is 2.53. The van der Waals surface area contributed by atoms with Crippen LogP contribution in [-0.4, -0.2) is 22.8 Å². The van der Waals surface area contributed by atoms with Crippen molar-refractivity contribution >= 4 is 11.8 Å². The summed E-state index contributed by atoms with van der Waals surface area (Å²) in [4.78, 5) is 11.1. The summed E-state index contributed by atoms with van der Waals surface area (Å²) in [5.74, 6) is -0.125. The number of ether oxygens (including phenoxy) is 1. The SMILES string of the molecule is CCCOC(=O)c1cc(N)n[nH]1. The van der Waals surface area contributed by atoms with Gasteiger partial charge >= 0.3 is 5.97 Å². The minimum atomic E-state index is -0.416. The van der Waals surface area contributed by atoms with Gasteiger partial charge in [-0.3, -0.25) is 5.10 Å². The number of nitrogens with one attached hydrogen (secondary N) is 1. The molecule has 1 heterocycles. The predicted octanol–water partition coefficient (Wildman–Crippen LogP) is 0.559. The molecule has 0 radical (unpaired) electrons. The highest BCUT2D eigenvalue weighted by Crippen LogP contribution is 2.02. The maximum atomic E-state index is 11.1. The van der Waals surface area contributed by atoms with Crippen LogP contribution >= 0.6 is 0 Å². The van der Waals surface area contributed by atoms with Crippen LogP contribution in [-0.2, 0) is 4.74 Å². The van der Waals surface area contributed by atoms with Crippen LogP contribution in [0.2, 0.25) is 0 Å². The molecule has 0 unspecified atom stereocenters. The van der Waals surface area contributed by atoms with Crippen molar-refractivity contribution < 1.29 is 9.53 Å². The summed E-state index contributed by atoms with van der Waals surface area (Å²) >= 11 is 0. The molecule has 66 valence electrons. The zero-order chi connectivity index (χ0) is 8.97. The number of anilines is 1. The van der Waals surface area contributed by atoms with Crippen LogP contribution in [0.5, 0.6) is 0 Å². The molecule has 1 aromatic heterocycles. The quantitative estimate of drug-likeness (QED) is 0.648. The van der Waals surface area contributed by atoms with Crippen LogP contribution in [0.1, 0.15) is 23.8 Å². The van der Waals surface area contributed by atoms with Crippen molar-refractivity contribution in [2.45, 2.75) is 13.3 Å². The molecular weight excluding hydrogens is 158 g/mol. The molecule has 5 nitrogen and oxygen atoms in total. The number of nitrogen functional groups attached to an aromatic ring is 1. The topological polar surface area (TPSA) is 81.0 Å². The third-order valence-corrected chi connectivity index (χ3v) is 1.25. The number of aromatic nitrogens is 2. The molecule has 0 aliphatic heterocycles. The molecule has 0 aromatic carbocycles. The van der Waals surface area contributed by atoms with Gasteiger partial charge in [0.1, 0.15) is 11.5 Å². The molecule has 0 atom stereocenters. The van der Waals surface area contributed by atoms with Crippen molar-refractivity contribution in [3.05, 3.63) is 11.8 Å². The number of rotatable bonds is 3. The Hall–Kier alpha value is -1.52. The van der Waals surface area contributed by atoms with E-state index in [0.717, 1.165) is 6.42 Å². The number of H-pyrrole nitrogens is 1. The zero-order valence-corrected chi connectivity index (χ0v) is 6.83. The molecule has 5 heteroatoms. The first kappa shape index (κ1) is 8.58. The molecule has 0 saturated carbocycles. The smallest absolute Gasteiger partial charge is 0.356 e. The lowest BCUT2D eigenvalue weighted by Gasteiger charge is -1.98. The van der Waals surface area contributed by atoms with E-state index in [2.05, 4.69) is 10.2 Å². The third kappa shape index (κ3) is 1.98. The molecule has 1 aromatic rings. The van der Waals surface area contributed by atoms with Crippen molar-refractivity contribution in [1.82, 2.24) is 10.2 Å². The zero-order valence-electron chi connectivity index (χ0n) is 6.83. The first-order valence-electron chi connectivity index (χ1n) is 3.72. The molecule has 12 heavy (non-hydrogen) atoms. The minimum Gasteiger partial charge on any atom is -0.461 e. The highest BCUT2D eigenvalue weighted by Gasteiger charge is 2.08. The molecule has 0 saturated heterocycles. The van der Waals surface area contributed by atoms with Gasteiger partial charge in [0.15, 0.2) is 0 Å². The fourth-order valence-corrected chi connectivity index (χ4v) is 0.714. The number of hydrogen-bond donors (Lipinski definition) is 2. The van der Waals surface area contributed by atoms with Gasteiger partial charge < -0.3 is 10.5 Å². The monoisotopic (exact) mass is 169 g/mol. The van der Waals surface area contributed by atoms with E-state index in [-0.39, 0.29) is 0 Å². The van der Waals surface area contributed by atoms with E-state index >= 15 is 0 Å². The Morgan fingerprint density at radius 3 is 3.08 bits per heavy atom. The van der Waals surface area contributed by atoms with E-state index in [1.54, 1.807) is 0 Å². The van der Waals surface area contributed by atoms with Gasteiger partial charge in [-0.2, -0.15) is 5.10 Å². The summed E-state index contributed by atoms with van der Waals surface area (Å²) in [6.45, 7) is 2.34. The van der Waals surface area contributed by atoms with Crippen molar-refractivity contribution in [2.75, 3.05) is 12.3 Å². The Bertz CT molecular complexity index is 269. The van der Waals surface area contributed by atoms with Gasteiger partial charge in [0.05, 0.1) is 6.61 Å². The minimum absolute atomic E-state index is 0.290. The fraction of sp³-hybridized carbons (Fsp3) is 0.429. The van der Waals surface area contributed by atoms with E-state index in [1.165, 1.54) is 6.07 Å². The number of nitrogens with zero attached hydrogens (tertiary/aromatic N) is 1. The van der Waals surface area contributed by atoms with E-state index in [9.17, 15) is 4.79 Å². The van der Waals surface area contributed by atoms with Crippen molar-refractivity contribution in [1.29, 1.82) is 0 Å². The fourth-order valence-electron chi connectivity index (χ4n) is 0.714. The second kappa shape index (κ2) is 3.75. The lowest BCUT2D eigenvalue weighted by Crippen LogP contribution is -2.06. The third-order valence-electron chi connectivity index (χ3n) is 1.25. The first-order valence-corrected chi connectivity index (χ1v) is 3.72. The largest absolute Gasteiger partial charge is 0.461 e. The van der Waals surface area contributed by atoms with Crippen molar-refractivity contribution in [3.8, 4) is 0 Å². The summed E-state index contributed by atoms with van der Waals surface area (Å²) in [5, 5.41) is 6.06. The average Bonchev–Trinajstić information content (AvgIpc) is 2.47. The van der Waals surface area contributed by atoms with Gasteiger partial charge in [-0.15, -0.1) is 0 Å². The van der Waals surface area contributed by atoms with Crippen molar-refractivity contribution in [3.63, 3.8) is 0 Å². The Labute approximate surface area is 69.9 Å². The first-order chi connectivity index (χ1) is 5.74. The maximum absolute atomic E-state index is 11.1. The van der Waals surface area contributed by atoms with Crippen LogP contribution in [0, 0.1) is 0 Å². The normalized spacial score (nSPS) is 9.75. The van der Waals surface area contributed by atoms with Gasteiger partial charge in [0.25, 0.3) is 0 Å².